The van der Waals surface area contributed by atoms with E-state index >= 15 is 0 Å². The highest BCUT2D eigenvalue weighted by Gasteiger charge is 2.07. The molecule has 3 rings (SSSR count). The van der Waals surface area contributed by atoms with E-state index in [0.29, 0.717) is 0 Å². The van der Waals surface area contributed by atoms with Gasteiger partial charge in [0, 0.05) is 23.7 Å². The molecule has 0 saturated heterocycles. The molecule has 0 atom stereocenters. The molecule has 1 N–H and O–H groups in total. The second-order valence-electron chi connectivity index (χ2n) is 4.78. The van der Waals surface area contributed by atoms with E-state index in [0.717, 1.165) is 31.8 Å². The number of hydrogen-bond acceptors (Lipinski definition) is 6. The van der Waals surface area contributed by atoms with Crippen LogP contribution in [0.1, 0.15) is 11.1 Å². The van der Waals surface area contributed by atoms with Crippen LogP contribution in [-0.4, -0.2) is 26.3 Å². The zero-order chi connectivity index (χ0) is 16.1. The Bertz CT molecular complexity index is 789. The van der Waals surface area contributed by atoms with Crippen molar-refractivity contribution in [1.82, 2.24) is 15.2 Å². The molecule has 0 amide bonds. The number of nitrogens with zero attached hydrogens (tertiary/aromatic N) is 3. The van der Waals surface area contributed by atoms with E-state index in [1.165, 1.54) is 0 Å². The average Bonchev–Trinajstić information content (AvgIpc) is 3.04. The number of carboxylic acid groups (broad SMARTS) is 1. The van der Waals surface area contributed by atoms with Gasteiger partial charge in [-0.3, -0.25) is 9.78 Å². The van der Waals surface area contributed by atoms with Gasteiger partial charge in [-0.1, -0.05) is 47.4 Å². The first-order valence-electron chi connectivity index (χ1n) is 6.87. The van der Waals surface area contributed by atoms with Crippen molar-refractivity contribution < 1.29 is 9.90 Å². The highest BCUT2D eigenvalue weighted by molar-refractivity contribution is 8.00. The summed E-state index contributed by atoms with van der Waals surface area (Å²) in [6.07, 6.45) is 3.53. The van der Waals surface area contributed by atoms with Gasteiger partial charge in [0.25, 0.3) is 0 Å². The van der Waals surface area contributed by atoms with Crippen molar-refractivity contribution in [2.24, 2.45) is 0 Å². The fourth-order valence-electron chi connectivity index (χ4n) is 1.95. The first kappa shape index (κ1) is 15.6. The quantitative estimate of drug-likeness (QED) is 0.690. The lowest BCUT2D eigenvalue weighted by molar-refractivity contribution is -0.136. The molecular formula is C16H13N3O2S2. The minimum absolute atomic E-state index is 0.0547. The number of carboxylic acids is 1. The highest BCUT2D eigenvalue weighted by Crippen LogP contribution is 2.30. The summed E-state index contributed by atoms with van der Waals surface area (Å²) in [4.78, 5) is 14.7. The van der Waals surface area contributed by atoms with Crippen LogP contribution in [-0.2, 0) is 17.0 Å². The van der Waals surface area contributed by atoms with Gasteiger partial charge in [0.15, 0.2) is 4.34 Å². The second-order valence-corrected chi connectivity index (χ2v) is 6.98. The van der Waals surface area contributed by atoms with Crippen LogP contribution in [0.5, 0.6) is 0 Å². The van der Waals surface area contributed by atoms with E-state index in [4.69, 9.17) is 5.11 Å². The van der Waals surface area contributed by atoms with Crippen molar-refractivity contribution in [3.8, 4) is 10.6 Å². The summed E-state index contributed by atoms with van der Waals surface area (Å²) in [5.74, 6) is -0.0390. The fraction of sp³-hybridized carbons (Fsp3) is 0.125. The van der Waals surface area contributed by atoms with Gasteiger partial charge in [0.05, 0.1) is 6.42 Å². The SMILES string of the molecule is O=C(O)Cc1ccc(CSc2nnc(-c3ccncc3)s2)cc1. The molecule has 2 aromatic heterocycles. The Hall–Kier alpha value is -2.25. The van der Waals surface area contributed by atoms with Crippen LogP contribution in [0.2, 0.25) is 0 Å². The maximum absolute atomic E-state index is 10.7. The zero-order valence-corrected chi connectivity index (χ0v) is 13.7. The highest BCUT2D eigenvalue weighted by atomic mass is 32.2. The molecule has 0 radical (unpaired) electrons. The first-order valence-corrected chi connectivity index (χ1v) is 8.67. The number of aromatic nitrogens is 3. The third-order valence-corrected chi connectivity index (χ3v) is 5.25. The lowest BCUT2D eigenvalue weighted by Gasteiger charge is -2.01. The summed E-state index contributed by atoms with van der Waals surface area (Å²) in [7, 11) is 0. The summed E-state index contributed by atoms with van der Waals surface area (Å²) < 4.78 is 0.909. The van der Waals surface area contributed by atoms with Crippen LogP contribution >= 0.6 is 23.1 Å². The van der Waals surface area contributed by atoms with Crippen LogP contribution in [0.25, 0.3) is 10.6 Å². The third-order valence-electron chi connectivity index (χ3n) is 3.07. The minimum Gasteiger partial charge on any atom is -0.481 e. The molecule has 0 fully saturated rings. The summed E-state index contributed by atoms with van der Waals surface area (Å²) in [6, 6.07) is 11.4. The van der Waals surface area contributed by atoms with Crippen molar-refractivity contribution in [2.75, 3.05) is 0 Å². The largest absolute Gasteiger partial charge is 0.481 e. The van der Waals surface area contributed by atoms with Crippen LogP contribution in [0, 0.1) is 0 Å². The monoisotopic (exact) mass is 343 g/mol. The average molecular weight is 343 g/mol. The Morgan fingerprint density at radius 2 is 1.74 bits per heavy atom. The maximum atomic E-state index is 10.7. The molecule has 0 bridgehead atoms. The van der Waals surface area contributed by atoms with Gasteiger partial charge in [0.1, 0.15) is 5.01 Å². The smallest absolute Gasteiger partial charge is 0.307 e. The Balaban J connectivity index is 1.60. The van der Waals surface area contributed by atoms with Crippen LogP contribution in [0.4, 0.5) is 0 Å². The molecule has 2 heterocycles. The molecule has 1 aromatic carbocycles. The van der Waals surface area contributed by atoms with Gasteiger partial charge in [-0.2, -0.15) is 0 Å². The van der Waals surface area contributed by atoms with Crippen LogP contribution < -0.4 is 0 Å². The van der Waals surface area contributed by atoms with Gasteiger partial charge < -0.3 is 5.11 Å². The minimum atomic E-state index is -0.815. The molecule has 0 aliphatic heterocycles. The van der Waals surface area contributed by atoms with Crippen molar-refractivity contribution in [3.05, 3.63) is 59.9 Å². The summed E-state index contributed by atoms with van der Waals surface area (Å²) in [5.41, 5.74) is 2.95. The van der Waals surface area contributed by atoms with E-state index in [1.54, 1.807) is 35.5 Å². The Morgan fingerprint density at radius 1 is 1.04 bits per heavy atom. The van der Waals surface area contributed by atoms with Gasteiger partial charge in [-0.25, -0.2) is 0 Å². The Kier molecular flexibility index (Phi) is 4.99. The second kappa shape index (κ2) is 7.34. The summed E-state index contributed by atoms with van der Waals surface area (Å²) in [6.45, 7) is 0. The van der Waals surface area contributed by atoms with Gasteiger partial charge in [-0.05, 0) is 23.3 Å². The Labute approximate surface area is 141 Å². The molecule has 0 unspecified atom stereocenters. The lowest BCUT2D eigenvalue weighted by Crippen LogP contribution is -1.99. The van der Waals surface area contributed by atoms with Crippen LogP contribution in [0.15, 0.2) is 53.1 Å². The van der Waals surface area contributed by atoms with Crippen molar-refractivity contribution >= 4 is 29.1 Å². The fourth-order valence-corrected chi connectivity index (χ4v) is 3.77. The molecule has 0 aliphatic rings. The van der Waals surface area contributed by atoms with Crippen LogP contribution in [0.3, 0.4) is 0 Å². The number of aliphatic carboxylic acids is 1. The standard InChI is InChI=1S/C16H13N3O2S2/c20-14(21)9-11-1-3-12(4-2-11)10-22-16-19-18-15(23-16)13-5-7-17-8-6-13/h1-8H,9-10H2,(H,20,21). The number of carbonyl (C=O) groups is 1. The summed E-state index contributed by atoms with van der Waals surface area (Å²) in [5, 5.41) is 18.0. The molecule has 0 saturated carbocycles. The third kappa shape index (κ3) is 4.37. The van der Waals surface area contributed by atoms with E-state index < -0.39 is 5.97 Å². The number of rotatable bonds is 6. The molecule has 3 aromatic rings. The molecule has 5 nitrogen and oxygen atoms in total. The summed E-state index contributed by atoms with van der Waals surface area (Å²) >= 11 is 3.17. The maximum Gasteiger partial charge on any atom is 0.307 e. The van der Waals surface area contributed by atoms with Gasteiger partial charge in [-0.15, -0.1) is 10.2 Å². The predicted octanol–water partition coefficient (Wildman–Crippen LogP) is 3.52. The normalized spacial score (nSPS) is 10.6. The van der Waals surface area contributed by atoms with Crippen molar-refractivity contribution in [3.63, 3.8) is 0 Å². The van der Waals surface area contributed by atoms with Crippen molar-refractivity contribution in [1.29, 1.82) is 0 Å². The van der Waals surface area contributed by atoms with Crippen molar-refractivity contribution in [2.45, 2.75) is 16.5 Å². The number of pyridine rings is 1. The van der Waals surface area contributed by atoms with E-state index in [-0.39, 0.29) is 6.42 Å². The van der Waals surface area contributed by atoms with E-state index in [9.17, 15) is 4.79 Å². The molecular weight excluding hydrogens is 330 g/mol. The predicted molar refractivity (Wildman–Crippen MR) is 90.5 cm³/mol. The van der Waals surface area contributed by atoms with Gasteiger partial charge in [0.2, 0.25) is 0 Å². The van der Waals surface area contributed by atoms with E-state index in [1.807, 2.05) is 36.4 Å². The molecule has 23 heavy (non-hydrogen) atoms. The topological polar surface area (TPSA) is 76.0 Å². The molecule has 116 valence electrons. The van der Waals surface area contributed by atoms with E-state index in [2.05, 4.69) is 15.2 Å². The molecule has 0 spiro atoms. The lowest BCUT2D eigenvalue weighted by atomic mass is 10.1. The molecule has 0 aliphatic carbocycles. The zero-order valence-electron chi connectivity index (χ0n) is 12.0. The Morgan fingerprint density at radius 3 is 2.43 bits per heavy atom. The van der Waals surface area contributed by atoms with Gasteiger partial charge >= 0.3 is 5.97 Å². The first-order chi connectivity index (χ1) is 11.2. The number of thioether (sulfide) groups is 1. The molecule has 7 heteroatoms. The number of benzene rings is 1. The number of hydrogen-bond donors (Lipinski definition) is 1.